The van der Waals surface area contributed by atoms with Crippen molar-refractivity contribution in [1.29, 1.82) is 0 Å². The predicted octanol–water partition coefficient (Wildman–Crippen LogP) is 4.83. The second-order valence-corrected chi connectivity index (χ2v) is 9.05. The number of nitrogens with zero attached hydrogens (tertiary/aromatic N) is 2. The van der Waals surface area contributed by atoms with E-state index in [-0.39, 0.29) is 25.0 Å². The number of amides is 2. The number of hydrogen-bond donors (Lipinski definition) is 1. The number of benzene rings is 2. The maximum Gasteiger partial charge on any atom is 0.416 e. The van der Waals surface area contributed by atoms with E-state index in [1.165, 1.54) is 12.1 Å². The van der Waals surface area contributed by atoms with Gasteiger partial charge in [-0.25, -0.2) is 9.59 Å². The van der Waals surface area contributed by atoms with Crippen molar-refractivity contribution in [2.24, 2.45) is 0 Å². The van der Waals surface area contributed by atoms with Gasteiger partial charge in [0.25, 0.3) is 0 Å². The average molecular weight is 509 g/mol. The van der Waals surface area contributed by atoms with Crippen molar-refractivity contribution >= 4 is 12.0 Å². The number of carbonyl (C=O) groups is 2. The van der Waals surface area contributed by atoms with E-state index >= 15 is 0 Å². The van der Waals surface area contributed by atoms with Crippen LogP contribution in [0.5, 0.6) is 5.75 Å². The number of rotatable bonds is 11. The SMILES string of the molecule is CCO[C@@](C)(Cc1ccc(OCC[C@H]2CN(Cc3ccc(C(F)(F)F)cc3)C(=O)N2C)cc1)C(=O)O. The average Bonchev–Trinajstić information content (AvgIpc) is 3.08. The summed E-state index contributed by atoms with van der Waals surface area (Å²) in [5.41, 5.74) is -0.585. The summed E-state index contributed by atoms with van der Waals surface area (Å²) in [5.74, 6) is -0.395. The number of likely N-dealkylation sites (N-methyl/N-ethyl adjacent to an activating group) is 1. The molecule has 3 rings (SSSR count). The zero-order valence-electron chi connectivity index (χ0n) is 20.5. The minimum Gasteiger partial charge on any atom is -0.494 e. The fourth-order valence-electron chi connectivity index (χ4n) is 4.18. The highest BCUT2D eigenvalue weighted by atomic mass is 19.4. The Hall–Kier alpha value is -3.27. The summed E-state index contributed by atoms with van der Waals surface area (Å²) < 4.78 is 49.5. The largest absolute Gasteiger partial charge is 0.494 e. The summed E-state index contributed by atoms with van der Waals surface area (Å²) in [6.07, 6.45) is -3.59. The topological polar surface area (TPSA) is 79.3 Å². The molecule has 0 radical (unpaired) electrons. The lowest BCUT2D eigenvalue weighted by Gasteiger charge is -2.24. The standard InChI is InChI=1S/C26H31F3N2O5/c1-4-36-25(2,23(32)33)15-18-7-11-22(12-8-18)35-14-13-21-17-31(24(34)30(21)3)16-19-5-9-20(10-6-19)26(27,28)29/h5-12,21H,4,13-17H2,1-3H3,(H,32,33)/t21-,25-/m0/s1. The molecule has 2 aromatic rings. The molecule has 1 N–H and O–H groups in total. The van der Waals surface area contributed by atoms with Crippen molar-refractivity contribution in [3.63, 3.8) is 0 Å². The first kappa shape index (κ1) is 27.3. The molecule has 2 atom stereocenters. The van der Waals surface area contributed by atoms with Crippen molar-refractivity contribution in [1.82, 2.24) is 9.80 Å². The summed E-state index contributed by atoms with van der Waals surface area (Å²) in [6.45, 7) is 4.64. The number of hydrogen-bond acceptors (Lipinski definition) is 4. The first-order chi connectivity index (χ1) is 16.9. The number of urea groups is 1. The predicted molar refractivity (Wildman–Crippen MR) is 127 cm³/mol. The van der Waals surface area contributed by atoms with Crippen LogP contribution in [0, 0.1) is 0 Å². The van der Waals surface area contributed by atoms with E-state index in [1.54, 1.807) is 55.0 Å². The summed E-state index contributed by atoms with van der Waals surface area (Å²) in [5, 5.41) is 9.46. The quantitative estimate of drug-likeness (QED) is 0.470. The molecule has 1 fully saturated rings. The normalized spacial score (nSPS) is 17.8. The third-order valence-electron chi connectivity index (χ3n) is 6.31. The summed E-state index contributed by atoms with van der Waals surface area (Å²) in [6, 6.07) is 11.7. The van der Waals surface area contributed by atoms with Gasteiger partial charge < -0.3 is 24.4 Å². The van der Waals surface area contributed by atoms with Gasteiger partial charge in [0.05, 0.1) is 18.2 Å². The molecule has 196 valence electrons. The summed E-state index contributed by atoms with van der Waals surface area (Å²) >= 11 is 0. The Bertz CT molecular complexity index is 1040. The molecule has 1 heterocycles. The van der Waals surface area contributed by atoms with Gasteiger partial charge in [-0.15, -0.1) is 0 Å². The van der Waals surface area contributed by atoms with Crippen molar-refractivity contribution in [3.05, 3.63) is 65.2 Å². The Morgan fingerprint density at radius 1 is 1.08 bits per heavy atom. The van der Waals surface area contributed by atoms with Crippen LogP contribution in [0.3, 0.4) is 0 Å². The van der Waals surface area contributed by atoms with Crippen LogP contribution in [-0.4, -0.2) is 65.4 Å². The van der Waals surface area contributed by atoms with Crippen LogP contribution in [0.15, 0.2) is 48.5 Å². The van der Waals surface area contributed by atoms with Crippen molar-refractivity contribution in [2.45, 2.75) is 51.1 Å². The van der Waals surface area contributed by atoms with Gasteiger partial charge in [-0.3, -0.25) is 0 Å². The highest BCUT2D eigenvalue weighted by Gasteiger charge is 2.35. The summed E-state index contributed by atoms with van der Waals surface area (Å²) in [4.78, 5) is 27.4. The van der Waals surface area contributed by atoms with E-state index in [0.717, 1.165) is 17.7 Å². The number of carboxylic acids is 1. The number of ether oxygens (including phenoxy) is 2. The molecule has 1 aliphatic rings. The molecule has 0 saturated carbocycles. The second-order valence-electron chi connectivity index (χ2n) is 9.05. The Balaban J connectivity index is 1.50. The van der Waals surface area contributed by atoms with Crippen molar-refractivity contribution < 1.29 is 37.3 Å². The maximum absolute atomic E-state index is 12.8. The molecule has 1 aliphatic heterocycles. The second kappa shape index (κ2) is 11.2. The number of carbonyl (C=O) groups excluding carboxylic acids is 1. The lowest BCUT2D eigenvalue weighted by atomic mass is 9.96. The van der Waals surface area contributed by atoms with Gasteiger partial charge >= 0.3 is 18.2 Å². The number of alkyl halides is 3. The molecule has 1 saturated heterocycles. The first-order valence-electron chi connectivity index (χ1n) is 11.7. The van der Waals surface area contributed by atoms with E-state index in [1.807, 2.05) is 0 Å². The molecule has 10 heteroatoms. The minimum atomic E-state index is -4.39. The smallest absolute Gasteiger partial charge is 0.416 e. The van der Waals surface area contributed by atoms with Crippen LogP contribution in [-0.2, 0) is 28.7 Å². The van der Waals surface area contributed by atoms with Gasteiger partial charge in [0, 0.05) is 39.6 Å². The molecule has 36 heavy (non-hydrogen) atoms. The van der Waals surface area contributed by atoms with Gasteiger partial charge in [0.1, 0.15) is 5.75 Å². The van der Waals surface area contributed by atoms with Crippen molar-refractivity contribution in [3.8, 4) is 5.75 Å². The molecule has 0 spiro atoms. The Morgan fingerprint density at radius 2 is 1.69 bits per heavy atom. The van der Waals surface area contributed by atoms with E-state index in [4.69, 9.17) is 9.47 Å². The van der Waals surface area contributed by atoms with Crippen LogP contribution < -0.4 is 4.74 Å². The third kappa shape index (κ3) is 6.69. The van der Waals surface area contributed by atoms with Gasteiger partial charge in [0.15, 0.2) is 5.60 Å². The number of aliphatic carboxylic acids is 1. The Labute approximate surface area is 208 Å². The Kier molecular flexibility index (Phi) is 8.50. The number of halogens is 3. The zero-order valence-corrected chi connectivity index (χ0v) is 20.5. The third-order valence-corrected chi connectivity index (χ3v) is 6.31. The molecular formula is C26H31F3N2O5. The maximum atomic E-state index is 12.8. The van der Waals surface area contributed by atoms with E-state index < -0.39 is 23.3 Å². The molecule has 0 aromatic heterocycles. The molecular weight excluding hydrogens is 477 g/mol. The highest BCUT2D eigenvalue weighted by molar-refractivity contribution is 5.77. The summed E-state index contributed by atoms with van der Waals surface area (Å²) in [7, 11) is 1.70. The van der Waals surface area contributed by atoms with Gasteiger partial charge in [-0.1, -0.05) is 24.3 Å². The van der Waals surface area contributed by atoms with Gasteiger partial charge in [0.2, 0.25) is 0 Å². The van der Waals surface area contributed by atoms with Crippen LogP contribution in [0.25, 0.3) is 0 Å². The van der Waals surface area contributed by atoms with Crippen LogP contribution in [0.4, 0.5) is 18.0 Å². The fraction of sp³-hybridized carbons (Fsp3) is 0.462. The van der Waals surface area contributed by atoms with Crippen LogP contribution in [0.1, 0.15) is 37.0 Å². The molecule has 2 amide bonds. The molecule has 7 nitrogen and oxygen atoms in total. The lowest BCUT2D eigenvalue weighted by Crippen LogP contribution is -2.40. The lowest BCUT2D eigenvalue weighted by molar-refractivity contribution is -0.162. The fourth-order valence-corrected chi connectivity index (χ4v) is 4.18. The van der Waals surface area contributed by atoms with Gasteiger partial charge in [-0.2, -0.15) is 13.2 Å². The molecule has 0 unspecified atom stereocenters. The van der Waals surface area contributed by atoms with Crippen LogP contribution >= 0.6 is 0 Å². The molecule has 2 aromatic carbocycles. The number of carboxylic acid groups (broad SMARTS) is 1. The van der Waals surface area contributed by atoms with Crippen molar-refractivity contribution in [2.75, 3.05) is 26.8 Å². The Morgan fingerprint density at radius 3 is 2.25 bits per heavy atom. The van der Waals surface area contributed by atoms with Gasteiger partial charge in [-0.05, 0) is 49.2 Å². The first-order valence-corrected chi connectivity index (χ1v) is 11.7. The zero-order chi connectivity index (χ0) is 26.5. The molecule has 0 bridgehead atoms. The monoisotopic (exact) mass is 508 g/mol. The van der Waals surface area contributed by atoms with Crippen LogP contribution in [0.2, 0.25) is 0 Å². The van der Waals surface area contributed by atoms with E-state index in [2.05, 4.69) is 0 Å². The molecule has 0 aliphatic carbocycles. The minimum absolute atomic E-state index is 0.0892. The van der Waals surface area contributed by atoms with E-state index in [9.17, 15) is 27.9 Å². The van der Waals surface area contributed by atoms with E-state index in [0.29, 0.717) is 37.5 Å². The highest BCUT2D eigenvalue weighted by Crippen LogP contribution is 2.29.